The summed E-state index contributed by atoms with van der Waals surface area (Å²) >= 11 is 0. The van der Waals surface area contributed by atoms with Crippen molar-refractivity contribution >= 4 is 17.5 Å². The fourth-order valence-corrected chi connectivity index (χ4v) is 3.87. The van der Waals surface area contributed by atoms with E-state index < -0.39 is 0 Å². The van der Waals surface area contributed by atoms with E-state index in [0.717, 1.165) is 54.5 Å². The fourth-order valence-electron chi connectivity index (χ4n) is 3.87. The van der Waals surface area contributed by atoms with Crippen LogP contribution in [0.2, 0.25) is 0 Å². The first-order valence-electron chi connectivity index (χ1n) is 11.0. The summed E-state index contributed by atoms with van der Waals surface area (Å²) in [6, 6.07) is 21.5. The first-order valence-corrected chi connectivity index (χ1v) is 11.0. The molecule has 1 saturated heterocycles. The molecule has 0 unspecified atom stereocenters. The summed E-state index contributed by atoms with van der Waals surface area (Å²) in [5.74, 6) is -0.0480. The maximum atomic E-state index is 12.9. The van der Waals surface area contributed by atoms with E-state index in [1.165, 1.54) is 0 Å². The predicted octanol–water partition coefficient (Wildman–Crippen LogP) is 4.67. The van der Waals surface area contributed by atoms with Gasteiger partial charge in [0.25, 0.3) is 0 Å². The number of nitrogens with zero attached hydrogens (tertiary/aromatic N) is 4. The lowest BCUT2D eigenvalue weighted by molar-refractivity contribution is 0.104. The second kappa shape index (κ2) is 9.63. The Hall–Kier alpha value is -4.03. The Labute approximate surface area is 192 Å². The Morgan fingerprint density at radius 1 is 0.909 bits per heavy atom. The quantitative estimate of drug-likeness (QED) is 0.325. The number of para-hydroxylation sites is 1. The van der Waals surface area contributed by atoms with Crippen LogP contribution in [-0.4, -0.2) is 46.9 Å². The van der Waals surface area contributed by atoms with Crippen molar-refractivity contribution in [3.05, 3.63) is 103 Å². The number of hydrogen-bond acceptors (Lipinski definition) is 5. The molecule has 0 amide bonds. The van der Waals surface area contributed by atoms with E-state index in [0.29, 0.717) is 5.56 Å². The van der Waals surface area contributed by atoms with Gasteiger partial charge in [-0.25, -0.2) is 4.68 Å². The Morgan fingerprint density at radius 2 is 1.70 bits per heavy atom. The van der Waals surface area contributed by atoms with E-state index in [1.54, 1.807) is 18.5 Å². The van der Waals surface area contributed by atoms with Gasteiger partial charge in [-0.05, 0) is 60.7 Å². The summed E-state index contributed by atoms with van der Waals surface area (Å²) in [5.41, 5.74) is 5.24. The largest absolute Gasteiger partial charge is 0.378 e. The molecule has 3 heterocycles. The van der Waals surface area contributed by atoms with Crippen molar-refractivity contribution in [3.8, 4) is 16.9 Å². The first kappa shape index (κ1) is 20.8. The number of ketones is 1. The number of benzene rings is 2. The van der Waals surface area contributed by atoms with E-state index in [1.807, 2.05) is 83.7 Å². The normalized spacial score (nSPS) is 14.0. The lowest BCUT2D eigenvalue weighted by Crippen LogP contribution is -2.36. The van der Waals surface area contributed by atoms with Crippen molar-refractivity contribution < 1.29 is 9.53 Å². The minimum atomic E-state index is -0.0480. The first-order chi connectivity index (χ1) is 16.3. The molecule has 164 valence electrons. The number of aromatic nitrogens is 3. The number of rotatable bonds is 6. The van der Waals surface area contributed by atoms with Gasteiger partial charge < -0.3 is 9.64 Å². The maximum Gasteiger partial charge on any atom is 0.185 e. The van der Waals surface area contributed by atoms with Crippen molar-refractivity contribution in [2.24, 2.45) is 0 Å². The van der Waals surface area contributed by atoms with Crippen LogP contribution in [0.5, 0.6) is 0 Å². The molecule has 6 nitrogen and oxygen atoms in total. The molecule has 2 aromatic heterocycles. The molecule has 0 atom stereocenters. The zero-order valence-electron chi connectivity index (χ0n) is 18.2. The monoisotopic (exact) mass is 436 g/mol. The van der Waals surface area contributed by atoms with Gasteiger partial charge in [0, 0.05) is 54.1 Å². The van der Waals surface area contributed by atoms with E-state index in [-0.39, 0.29) is 5.78 Å². The molecule has 1 fully saturated rings. The van der Waals surface area contributed by atoms with Crippen molar-refractivity contribution in [2.75, 3.05) is 31.2 Å². The third-order valence-corrected chi connectivity index (χ3v) is 5.64. The Balaban J connectivity index is 1.40. The van der Waals surface area contributed by atoms with Crippen molar-refractivity contribution in [3.63, 3.8) is 0 Å². The highest BCUT2D eigenvalue weighted by Crippen LogP contribution is 2.24. The van der Waals surface area contributed by atoms with Crippen LogP contribution in [0, 0.1) is 0 Å². The second-order valence-corrected chi connectivity index (χ2v) is 7.80. The summed E-state index contributed by atoms with van der Waals surface area (Å²) < 4.78 is 7.24. The Morgan fingerprint density at radius 3 is 2.42 bits per heavy atom. The smallest absolute Gasteiger partial charge is 0.185 e. The predicted molar refractivity (Wildman–Crippen MR) is 130 cm³/mol. The van der Waals surface area contributed by atoms with Gasteiger partial charge in [0.05, 0.1) is 18.9 Å². The molecule has 6 heteroatoms. The van der Waals surface area contributed by atoms with E-state index in [4.69, 9.17) is 9.84 Å². The van der Waals surface area contributed by atoms with Gasteiger partial charge in [-0.3, -0.25) is 9.78 Å². The fraction of sp³-hybridized carbons (Fsp3) is 0.148. The molecular formula is C27H24N4O2. The topological polar surface area (TPSA) is 60.2 Å². The number of ether oxygens (including phenoxy) is 1. The molecule has 0 N–H and O–H groups in total. The van der Waals surface area contributed by atoms with Gasteiger partial charge in [-0.1, -0.05) is 18.2 Å². The van der Waals surface area contributed by atoms with Crippen LogP contribution < -0.4 is 4.90 Å². The highest BCUT2D eigenvalue weighted by molar-refractivity contribution is 6.07. The number of anilines is 1. The van der Waals surface area contributed by atoms with Gasteiger partial charge in [-0.2, -0.15) is 5.10 Å². The minimum Gasteiger partial charge on any atom is -0.378 e. The molecule has 0 radical (unpaired) electrons. The number of carbonyl (C=O) groups is 1. The molecular weight excluding hydrogens is 412 g/mol. The van der Waals surface area contributed by atoms with Gasteiger partial charge >= 0.3 is 0 Å². The van der Waals surface area contributed by atoms with Crippen LogP contribution in [0.3, 0.4) is 0 Å². The molecule has 0 spiro atoms. The van der Waals surface area contributed by atoms with E-state index >= 15 is 0 Å². The molecule has 4 aromatic rings. The van der Waals surface area contributed by atoms with Crippen LogP contribution in [0.1, 0.15) is 15.9 Å². The van der Waals surface area contributed by atoms with Gasteiger partial charge in [0.1, 0.15) is 5.69 Å². The van der Waals surface area contributed by atoms with Gasteiger partial charge in [0.15, 0.2) is 5.78 Å². The SMILES string of the molecule is O=C(/C=C/c1cn(-c2ccccc2)nc1-c1cccnc1)c1ccc(N2CCOCC2)cc1. The second-order valence-electron chi connectivity index (χ2n) is 7.80. The zero-order valence-corrected chi connectivity index (χ0v) is 18.2. The number of pyridine rings is 1. The number of allylic oxidation sites excluding steroid dienone is 1. The average molecular weight is 437 g/mol. The highest BCUT2D eigenvalue weighted by atomic mass is 16.5. The number of hydrogen-bond donors (Lipinski definition) is 0. The van der Waals surface area contributed by atoms with Crippen LogP contribution in [-0.2, 0) is 4.74 Å². The van der Waals surface area contributed by atoms with Gasteiger partial charge in [0.2, 0.25) is 0 Å². The van der Waals surface area contributed by atoms with Crippen molar-refractivity contribution in [1.82, 2.24) is 14.8 Å². The molecule has 1 aliphatic heterocycles. The summed E-state index contributed by atoms with van der Waals surface area (Å²) in [6.07, 6.45) is 8.88. The molecule has 1 aliphatic rings. The third-order valence-electron chi connectivity index (χ3n) is 5.64. The van der Waals surface area contributed by atoms with Crippen LogP contribution in [0.25, 0.3) is 23.0 Å². The lowest BCUT2D eigenvalue weighted by atomic mass is 10.1. The highest BCUT2D eigenvalue weighted by Gasteiger charge is 2.13. The molecule has 5 rings (SSSR count). The molecule has 0 saturated carbocycles. The summed E-state index contributed by atoms with van der Waals surface area (Å²) in [6.45, 7) is 3.21. The standard InChI is InChI=1S/C27H24N4O2/c32-26(21-8-11-24(12-9-21)30-15-17-33-18-16-30)13-10-23-20-31(25-6-2-1-3-7-25)29-27(23)22-5-4-14-28-19-22/h1-14,19-20H,15-18H2/b13-10+. The summed E-state index contributed by atoms with van der Waals surface area (Å²) in [5, 5.41) is 4.76. The maximum absolute atomic E-state index is 12.9. The van der Waals surface area contributed by atoms with Crippen LogP contribution >= 0.6 is 0 Å². The third kappa shape index (κ3) is 4.76. The van der Waals surface area contributed by atoms with E-state index in [2.05, 4.69) is 9.88 Å². The van der Waals surface area contributed by atoms with Crippen LogP contribution in [0.15, 0.2) is 91.4 Å². The molecule has 33 heavy (non-hydrogen) atoms. The summed E-state index contributed by atoms with van der Waals surface area (Å²) in [7, 11) is 0. The molecule has 0 bridgehead atoms. The van der Waals surface area contributed by atoms with Crippen LogP contribution in [0.4, 0.5) is 5.69 Å². The van der Waals surface area contributed by atoms with E-state index in [9.17, 15) is 4.79 Å². The number of morpholine rings is 1. The minimum absolute atomic E-state index is 0.0480. The average Bonchev–Trinajstić information content (AvgIpc) is 3.33. The van der Waals surface area contributed by atoms with Crippen molar-refractivity contribution in [2.45, 2.75) is 0 Å². The molecule has 0 aliphatic carbocycles. The number of carbonyl (C=O) groups excluding carboxylic acids is 1. The Kier molecular flexibility index (Phi) is 6.08. The lowest BCUT2D eigenvalue weighted by Gasteiger charge is -2.28. The Bertz CT molecular complexity index is 1240. The molecule has 2 aromatic carbocycles. The van der Waals surface area contributed by atoms with Crippen molar-refractivity contribution in [1.29, 1.82) is 0 Å². The zero-order chi connectivity index (χ0) is 22.5. The summed E-state index contributed by atoms with van der Waals surface area (Å²) in [4.78, 5) is 19.4. The van der Waals surface area contributed by atoms with Gasteiger partial charge in [-0.15, -0.1) is 0 Å².